The van der Waals surface area contributed by atoms with Gasteiger partial charge in [0.15, 0.2) is 5.58 Å². The van der Waals surface area contributed by atoms with Crippen LogP contribution in [0.3, 0.4) is 0 Å². The van der Waals surface area contributed by atoms with E-state index in [0.717, 1.165) is 56.2 Å². The van der Waals surface area contributed by atoms with Crippen molar-refractivity contribution < 1.29 is 4.42 Å². The Labute approximate surface area is 170 Å². The minimum atomic E-state index is -0.258. The number of aryl methyl sites for hydroxylation is 1. The number of aromatic nitrogens is 1. The van der Waals surface area contributed by atoms with E-state index in [4.69, 9.17) is 16.0 Å². The second kappa shape index (κ2) is 8.95. The van der Waals surface area contributed by atoms with Crippen LogP contribution in [-0.4, -0.2) is 47.1 Å². The van der Waals surface area contributed by atoms with E-state index < -0.39 is 0 Å². The SMILES string of the molecule is O=c1oc2ccccc2n1CCCN1CCCN(Cc2ccc(Cl)cc2)CC1. The van der Waals surface area contributed by atoms with Crippen LogP contribution in [0.5, 0.6) is 0 Å². The van der Waals surface area contributed by atoms with Gasteiger partial charge in [0.25, 0.3) is 0 Å². The molecule has 1 saturated heterocycles. The maximum Gasteiger partial charge on any atom is 0.419 e. The van der Waals surface area contributed by atoms with E-state index in [1.165, 1.54) is 12.0 Å². The second-order valence-electron chi connectivity index (χ2n) is 7.44. The summed E-state index contributed by atoms with van der Waals surface area (Å²) in [4.78, 5) is 17.1. The third kappa shape index (κ3) is 4.66. The lowest BCUT2D eigenvalue weighted by Crippen LogP contribution is -2.31. The summed E-state index contributed by atoms with van der Waals surface area (Å²) in [7, 11) is 0. The number of oxazole rings is 1. The molecule has 148 valence electrons. The zero-order valence-corrected chi connectivity index (χ0v) is 16.8. The Morgan fingerprint density at radius 2 is 1.64 bits per heavy atom. The highest BCUT2D eigenvalue weighted by atomic mass is 35.5. The van der Waals surface area contributed by atoms with Crippen molar-refractivity contribution in [2.24, 2.45) is 0 Å². The van der Waals surface area contributed by atoms with Crippen molar-refractivity contribution >= 4 is 22.7 Å². The van der Waals surface area contributed by atoms with Gasteiger partial charge >= 0.3 is 5.76 Å². The Balaban J connectivity index is 1.27. The molecule has 0 aliphatic carbocycles. The van der Waals surface area contributed by atoms with Crippen LogP contribution >= 0.6 is 11.6 Å². The summed E-state index contributed by atoms with van der Waals surface area (Å²) >= 11 is 5.98. The molecule has 0 bridgehead atoms. The summed E-state index contributed by atoms with van der Waals surface area (Å²) in [5, 5.41) is 0.787. The average Bonchev–Trinajstić information content (AvgIpc) is 2.86. The highest BCUT2D eigenvalue weighted by molar-refractivity contribution is 6.30. The van der Waals surface area contributed by atoms with Gasteiger partial charge in [-0.1, -0.05) is 35.9 Å². The number of halogens is 1. The number of fused-ring (bicyclic) bond motifs is 1. The van der Waals surface area contributed by atoms with E-state index in [0.29, 0.717) is 12.1 Å². The van der Waals surface area contributed by atoms with Crippen LogP contribution in [0.4, 0.5) is 0 Å². The summed E-state index contributed by atoms with van der Waals surface area (Å²) in [5.41, 5.74) is 2.86. The van der Waals surface area contributed by atoms with Crippen LogP contribution in [0, 0.1) is 0 Å². The maximum absolute atomic E-state index is 12.1. The third-order valence-corrected chi connectivity index (χ3v) is 5.68. The van der Waals surface area contributed by atoms with Crippen molar-refractivity contribution in [2.75, 3.05) is 32.7 Å². The number of nitrogens with zero attached hydrogens (tertiary/aromatic N) is 3. The van der Waals surface area contributed by atoms with Crippen molar-refractivity contribution in [3.05, 3.63) is 69.7 Å². The van der Waals surface area contributed by atoms with Gasteiger partial charge in [0.2, 0.25) is 0 Å². The predicted molar refractivity (Wildman–Crippen MR) is 113 cm³/mol. The first-order valence-electron chi connectivity index (χ1n) is 9.96. The fraction of sp³-hybridized carbons (Fsp3) is 0.409. The zero-order valence-electron chi connectivity index (χ0n) is 16.0. The largest absolute Gasteiger partial charge is 0.419 e. The Hall–Kier alpha value is -2.08. The molecule has 28 heavy (non-hydrogen) atoms. The highest BCUT2D eigenvalue weighted by Crippen LogP contribution is 2.14. The van der Waals surface area contributed by atoms with Gasteiger partial charge in [-0.3, -0.25) is 9.47 Å². The van der Waals surface area contributed by atoms with Gasteiger partial charge in [0, 0.05) is 31.2 Å². The molecule has 0 unspecified atom stereocenters. The topological polar surface area (TPSA) is 41.6 Å². The van der Waals surface area contributed by atoms with Gasteiger partial charge in [0.1, 0.15) is 0 Å². The molecule has 6 heteroatoms. The van der Waals surface area contributed by atoms with Gasteiger partial charge in [-0.2, -0.15) is 0 Å². The van der Waals surface area contributed by atoms with E-state index in [1.807, 2.05) is 36.4 Å². The summed E-state index contributed by atoms with van der Waals surface area (Å²) in [6.07, 6.45) is 2.11. The second-order valence-corrected chi connectivity index (χ2v) is 7.88. The molecule has 0 saturated carbocycles. The molecule has 1 aliphatic heterocycles. The van der Waals surface area contributed by atoms with Crippen molar-refractivity contribution in [3.63, 3.8) is 0 Å². The molecule has 4 rings (SSSR count). The van der Waals surface area contributed by atoms with Crippen molar-refractivity contribution in [2.45, 2.75) is 25.9 Å². The summed E-state index contributed by atoms with van der Waals surface area (Å²) in [5.74, 6) is -0.258. The standard InChI is InChI=1S/C22H26ClN3O2/c23-19-9-7-18(8-10-19)17-25-13-3-11-24(15-16-25)12-4-14-26-20-5-1-2-6-21(20)28-22(26)27/h1-2,5-10H,3-4,11-17H2. The zero-order chi connectivity index (χ0) is 19.3. The molecule has 1 aromatic heterocycles. The monoisotopic (exact) mass is 399 g/mol. The summed E-state index contributed by atoms with van der Waals surface area (Å²) < 4.78 is 7.07. The Morgan fingerprint density at radius 1 is 0.893 bits per heavy atom. The van der Waals surface area contributed by atoms with E-state index in [1.54, 1.807) is 4.57 Å². The van der Waals surface area contributed by atoms with E-state index in [9.17, 15) is 4.79 Å². The first kappa shape index (κ1) is 19.2. The third-order valence-electron chi connectivity index (χ3n) is 5.43. The molecule has 0 atom stereocenters. The number of rotatable bonds is 6. The van der Waals surface area contributed by atoms with Crippen LogP contribution in [0.2, 0.25) is 5.02 Å². The van der Waals surface area contributed by atoms with Crippen LogP contribution in [0.1, 0.15) is 18.4 Å². The molecular weight excluding hydrogens is 374 g/mol. The fourth-order valence-corrected chi connectivity index (χ4v) is 4.06. The number of hydrogen-bond donors (Lipinski definition) is 0. The lowest BCUT2D eigenvalue weighted by Gasteiger charge is -2.22. The molecule has 2 aromatic carbocycles. The van der Waals surface area contributed by atoms with Crippen LogP contribution < -0.4 is 5.76 Å². The molecule has 5 nitrogen and oxygen atoms in total. The maximum atomic E-state index is 12.1. The Kier molecular flexibility index (Phi) is 6.15. The van der Waals surface area contributed by atoms with Crippen molar-refractivity contribution in [1.29, 1.82) is 0 Å². The van der Waals surface area contributed by atoms with E-state index >= 15 is 0 Å². The lowest BCUT2D eigenvalue weighted by molar-refractivity contribution is 0.247. The van der Waals surface area contributed by atoms with E-state index in [-0.39, 0.29) is 5.76 Å². The first-order valence-corrected chi connectivity index (χ1v) is 10.3. The molecule has 0 radical (unpaired) electrons. The molecule has 1 aliphatic rings. The number of para-hydroxylation sites is 2. The quantitative estimate of drug-likeness (QED) is 0.631. The van der Waals surface area contributed by atoms with Gasteiger partial charge in [-0.15, -0.1) is 0 Å². The average molecular weight is 400 g/mol. The van der Waals surface area contributed by atoms with E-state index in [2.05, 4.69) is 21.9 Å². The summed E-state index contributed by atoms with van der Waals surface area (Å²) in [6.45, 7) is 7.03. The molecule has 0 spiro atoms. The van der Waals surface area contributed by atoms with Crippen molar-refractivity contribution in [1.82, 2.24) is 14.4 Å². The first-order chi connectivity index (χ1) is 13.7. The highest BCUT2D eigenvalue weighted by Gasteiger charge is 2.15. The van der Waals surface area contributed by atoms with Crippen LogP contribution in [0.15, 0.2) is 57.7 Å². The molecule has 2 heterocycles. The molecule has 3 aromatic rings. The smallest absolute Gasteiger partial charge is 0.408 e. The number of hydrogen-bond acceptors (Lipinski definition) is 4. The number of benzene rings is 2. The van der Waals surface area contributed by atoms with Crippen LogP contribution in [-0.2, 0) is 13.1 Å². The molecular formula is C22H26ClN3O2. The van der Waals surface area contributed by atoms with Gasteiger partial charge in [-0.05, 0) is 62.3 Å². The fourth-order valence-electron chi connectivity index (χ4n) is 3.93. The molecule has 1 fully saturated rings. The Morgan fingerprint density at radius 3 is 2.50 bits per heavy atom. The van der Waals surface area contributed by atoms with Crippen molar-refractivity contribution in [3.8, 4) is 0 Å². The normalized spacial score (nSPS) is 16.5. The molecule has 0 amide bonds. The lowest BCUT2D eigenvalue weighted by atomic mass is 10.2. The van der Waals surface area contributed by atoms with Gasteiger partial charge in [0.05, 0.1) is 5.52 Å². The Bertz CT molecular complexity index is 964. The van der Waals surface area contributed by atoms with Gasteiger partial charge in [-0.25, -0.2) is 4.79 Å². The summed E-state index contributed by atoms with van der Waals surface area (Å²) in [6, 6.07) is 15.8. The minimum absolute atomic E-state index is 0.258. The predicted octanol–water partition coefficient (Wildman–Crippen LogP) is 3.85. The van der Waals surface area contributed by atoms with Crippen LogP contribution in [0.25, 0.3) is 11.1 Å². The molecule has 0 N–H and O–H groups in total. The van der Waals surface area contributed by atoms with Gasteiger partial charge < -0.3 is 9.32 Å². The minimum Gasteiger partial charge on any atom is -0.408 e.